The van der Waals surface area contributed by atoms with Gasteiger partial charge in [0.25, 0.3) is 0 Å². The largest absolute Gasteiger partial charge is 0.448 e. The van der Waals surface area contributed by atoms with E-state index in [1.54, 1.807) is 17.4 Å². The zero-order valence-corrected chi connectivity index (χ0v) is 18.5. The van der Waals surface area contributed by atoms with Crippen LogP contribution in [-0.2, 0) is 17.6 Å². The van der Waals surface area contributed by atoms with E-state index in [-0.39, 0.29) is 12.0 Å². The molecular formula is C22H28N6O3. The SMILES string of the molecule is Cc1coc(C2CN(c3c4c(nc5ccnn35)CCN(C(=O)OC(C)(C)C)CC4)C2)n1. The zero-order valence-electron chi connectivity index (χ0n) is 18.5. The van der Waals surface area contributed by atoms with E-state index in [4.69, 9.17) is 14.1 Å². The fourth-order valence-corrected chi connectivity index (χ4v) is 4.27. The first-order valence-corrected chi connectivity index (χ1v) is 10.8. The van der Waals surface area contributed by atoms with Crippen molar-refractivity contribution in [2.75, 3.05) is 31.1 Å². The molecule has 2 aliphatic heterocycles. The highest BCUT2D eigenvalue weighted by molar-refractivity contribution is 5.69. The molecule has 0 N–H and O–H groups in total. The Kier molecular flexibility index (Phi) is 4.64. The highest BCUT2D eigenvalue weighted by atomic mass is 16.6. The molecule has 0 spiro atoms. The number of hydrogen-bond acceptors (Lipinski definition) is 7. The summed E-state index contributed by atoms with van der Waals surface area (Å²) in [6.07, 6.45) is 4.63. The molecule has 31 heavy (non-hydrogen) atoms. The van der Waals surface area contributed by atoms with Crippen molar-refractivity contribution >= 4 is 17.6 Å². The van der Waals surface area contributed by atoms with Gasteiger partial charge >= 0.3 is 6.09 Å². The van der Waals surface area contributed by atoms with Crippen LogP contribution >= 0.6 is 0 Å². The van der Waals surface area contributed by atoms with Crippen LogP contribution in [-0.4, -0.2) is 62.4 Å². The third-order valence-corrected chi connectivity index (χ3v) is 5.76. The Balaban J connectivity index is 1.41. The number of hydrogen-bond donors (Lipinski definition) is 0. The molecule has 5 heterocycles. The van der Waals surface area contributed by atoms with Gasteiger partial charge in [-0.15, -0.1) is 0 Å². The molecule has 164 valence electrons. The van der Waals surface area contributed by atoms with E-state index in [1.165, 1.54) is 0 Å². The number of carbonyl (C=O) groups excluding carboxylic acids is 1. The normalized spacial score (nSPS) is 17.4. The van der Waals surface area contributed by atoms with Gasteiger partial charge in [-0.2, -0.15) is 9.61 Å². The van der Waals surface area contributed by atoms with Gasteiger partial charge in [-0.3, -0.25) is 0 Å². The summed E-state index contributed by atoms with van der Waals surface area (Å²) in [5.74, 6) is 2.13. The van der Waals surface area contributed by atoms with Crippen molar-refractivity contribution in [1.29, 1.82) is 0 Å². The number of aryl methyl sites for hydroxylation is 1. The number of amides is 1. The molecule has 0 atom stereocenters. The molecule has 1 fully saturated rings. The molecule has 5 rings (SSSR count). The molecule has 0 saturated carbocycles. The van der Waals surface area contributed by atoms with Crippen LogP contribution in [0.5, 0.6) is 0 Å². The van der Waals surface area contributed by atoms with E-state index < -0.39 is 5.60 Å². The molecule has 0 bridgehead atoms. The maximum Gasteiger partial charge on any atom is 0.410 e. The Labute approximate surface area is 181 Å². The van der Waals surface area contributed by atoms with Crippen molar-refractivity contribution in [3.05, 3.63) is 41.4 Å². The zero-order chi connectivity index (χ0) is 21.8. The maximum absolute atomic E-state index is 12.6. The smallest absolute Gasteiger partial charge is 0.410 e. The molecule has 9 nitrogen and oxygen atoms in total. The Hall–Kier alpha value is -3.10. The molecule has 1 amide bonds. The lowest BCUT2D eigenvalue weighted by molar-refractivity contribution is 0.0258. The van der Waals surface area contributed by atoms with Gasteiger partial charge in [-0.25, -0.2) is 14.8 Å². The molecular weight excluding hydrogens is 396 g/mol. The highest BCUT2D eigenvalue weighted by Gasteiger charge is 2.36. The van der Waals surface area contributed by atoms with Gasteiger partial charge in [0.05, 0.1) is 23.5 Å². The summed E-state index contributed by atoms with van der Waals surface area (Å²) in [7, 11) is 0. The summed E-state index contributed by atoms with van der Waals surface area (Å²) in [5, 5.41) is 4.53. The number of oxazole rings is 1. The van der Waals surface area contributed by atoms with E-state index in [1.807, 2.05) is 38.3 Å². The van der Waals surface area contributed by atoms with E-state index in [0.717, 1.165) is 47.4 Å². The van der Waals surface area contributed by atoms with Gasteiger partial charge in [-0.1, -0.05) is 0 Å². The summed E-state index contributed by atoms with van der Waals surface area (Å²) < 4.78 is 13.1. The third-order valence-electron chi connectivity index (χ3n) is 5.76. The second-order valence-electron chi connectivity index (χ2n) is 9.36. The lowest BCUT2D eigenvalue weighted by atomic mass is 9.98. The third kappa shape index (κ3) is 3.73. The minimum Gasteiger partial charge on any atom is -0.448 e. The Morgan fingerprint density at radius 3 is 2.68 bits per heavy atom. The average molecular weight is 425 g/mol. The summed E-state index contributed by atoms with van der Waals surface area (Å²) in [6, 6.07) is 1.93. The highest BCUT2D eigenvalue weighted by Crippen LogP contribution is 2.35. The van der Waals surface area contributed by atoms with Gasteiger partial charge in [0.2, 0.25) is 5.89 Å². The van der Waals surface area contributed by atoms with E-state index >= 15 is 0 Å². The fraction of sp³-hybridized carbons (Fsp3) is 0.545. The van der Waals surface area contributed by atoms with Crippen molar-refractivity contribution < 1.29 is 13.9 Å². The summed E-state index contributed by atoms with van der Waals surface area (Å²) in [5.41, 5.74) is 3.41. The lowest BCUT2D eigenvalue weighted by Gasteiger charge is -2.40. The summed E-state index contributed by atoms with van der Waals surface area (Å²) in [4.78, 5) is 26.1. The molecule has 9 heteroatoms. The number of carbonyl (C=O) groups is 1. The number of ether oxygens (including phenoxy) is 1. The van der Waals surface area contributed by atoms with Crippen LogP contribution in [0.25, 0.3) is 5.65 Å². The van der Waals surface area contributed by atoms with Crippen LogP contribution < -0.4 is 4.90 Å². The Morgan fingerprint density at radius 1 is 1.19 bits per heavy atom. The second-order valence-corrected chi connectivity index (χ2v) is 9.36. The predicted octanol–water partition coefficient (Wildman–Crippen LogP) is 2.97. The summed E-state index contributed by atoms with van der Waals surface area (Å²) >= 11 is 0. The number of aromatic nitrogens is 4. The standard InChI is InChI=1S/C22H28N6O3/c1-14-13-30-19(24-14)15-11-27(12-15)20-16-6-9-26(21(29)31-22(2,3)4)10-7-17(16)25-18-5-8-23-28(18)20/h5,8,13,15H,6-7,9-12H2,1-4H3. The first kappa shape index (κ1) is 19.8. The fourth-order valence-electron chi connectivity index (χ4n) is 4.27. The minimum absolute atomic E-state index is 0.269. The topological polar surface area (TPSA) is 89.0 Å². The molecule has 0 aromatic carbocycles. The van der Waals surface area contributed by atoms with E-state index in [0.29, 0.717) is 25.9 Å². The molecule has 3 aromatic heterocycles. The molecule has 0 aliphatic carbocycles. The van der Waals surface area contributed by atoms with Gasteiger partial charge in [0.1, 0.15) is 17.7 Å². The molecule has 0 radical (unpaired) electrons. The number of fused-ring (bicyclic) bond motifs is 2. The number of rotatable bonds is 2. The monoisotopic (exact) mass is 424 g/mol. The van der Waals surface area contributed by atoms with Crippen molar-refractivity contribution in [2.45, 2.75) is 52.1 Å². The average Bonchev–Trinajstić information content (AvgIpc) is 3.22. The van der Waals surface area contributed by atoms with E-state index in [9.17, 15) is 4.79 Å². The molecule has 1 saturated heterocycles. The minimum atomic E-state index is -0.509. The van der Waals surface area contributed by atoms with Crippen molar-refractivity contribution in [1.82, 2.24) is 24.5 Å². The lowest BCUT2D eigenvalue weighted by Crippen LogP contribution is -2.47. The van der Waals surface area contributed by atoms with Crippen LogP contribution in [0.1, 0.15) is 49.5 Å². The molecule has 0 unspecified atom stereocenters. The van der Waals surface area contributed by atoms with Crippen LogP contribution in [0.2, 0.25) is 0 Å². The van der Waals surface area contributed by atoms with Crippen LogP contribution in [0.3, 0.4) is 0 Å². The van der Waals surface area contributed by atoms with Crippen LogP contribution in [0.15, 0.2) is 22.9 Å². The first-order valence-electron chi connectivity index (χ1n) is 10.8. The van der Waals surface area contributed by atoms with E-state index in [2.05, 4.69) is 15.0 Å². The van der Waals surface area contributed by atoms with Gasteiger partial charge < -0.3 is 19.0 Å². The first-order chi connectivity index (χ1) is 14.8. The Morgan fingerprint density at radius 2 is 1.97 bits per heavy atom. The van der Waals surface area contributed by atoms with Crippen molar-refractivity contribution in [3.8, 4) is 0 Å². The number of anilines is 1. The van der Waals surface area contributed by atoms with Crippen molar-refractivity contribution in [2.24, 2.45) is 0 Å². The van der Waals surface area contributed by atoms with Gasteiger partial charge in [-0.05, 0) is 34.1 Å². The van der Waals surface area contributed by atoms with Gasteiger partial charge in [0.15, 0.2) is 5.65 Å². The number of nitrogens with zero attached hydrogens (tertiary/aromatic N) is 6. The Bertz CT molecular complexity index is 1120. The summed E-state index contributed by atoms with van der Waals surface area (Å²) in [6.45, 7) is 10.4. The quantitative estimate of drug-likeness (QED) is 0.625. The maximum atomic E-state index is 12.6. The molecule has 3 aromatic rings. The van der Waals surface area contributed by atoms with Crippen LogP contribution in [0, 0.1) is 6.92 Å². The second kappa shape index (κ2) is 7.25. The van der Waals surface area contributed by atoms with Gasteiger partial charge in [0, 0.05) is 44.2 Å². The van der Waals surface area contributed by atoms with Crippen molar-refractivity contribution in [3.63, 3.8) is 0 Å². The predicted molar refractivity (Wildman–Crippen MR) is 114 cm³/mol. The molecule has 2 aliphatic rings. The van der Waals surface area contributed by atoms with Crippen LogP contribution in [0.4, 0.5) is 10.6 Å².